The molecule has 0 atom stereocenters. The normalized spacial score (nSPS) is 17.6. The van der Waals surface area contributed by atoms with E-state index in [4.69, 9.17) is 0 Å². The van der Waals surface area contributed by atoms with Gasteiger partial charge in [0.1, 0.15) is 6.29 Å². The fourth-order valence-electron chi connectivity index (χ4n) is 2.04. The van der Waals surface area contributed by atoms with Gasteiger partial charge in [-0.25, -0.2) is 0 Å². The summed E-state index contributed by atoms with van der Waals surface area (Å²) in [6.45, 7) is 0. The molecule has 1 aliphatic rings. The molecular formula is C13H16OS. The average molecular weight is 220 g/mol. The Morgan fingerprint density at radius 3 is 2.73 bits per heavy atom. The van der Waals surface area contributed by atoms with Gasteiger partial charge in [0.15, 0.2) is 0 Å². The predicted molar refractivity (Wildman–Crippen MR) is 64.6 cm³/mol. The van der Waals surface area contributed by atoms with Crippen molar-refractivity contribution in [3.63, 3.8) is 0 Å². The van der Waals surface area contributed by atoms with Crippen molar-refractivity contribution in [3.05, 3.63) is 29.8 Å². The largest absolute Gasteiger partial charge is 0.298 e. The van der Waals surface area contributed by atoms with Crippen LogP contribution in [0.1, 0.15) is 42.5 Å². The average Bonchev–Trinajstić information content (AvgIpc) is 2.31. The zero-order chi connectivity index (χ0) is 10.5. The van der Waals surface area contributed by atoms with Crippen LogP contribution in [0.4, 0.5) is 0 Å². The van der Waals surface area contributed by atoms with Crippen LogP contribution in [0.5, 0.6) is 0 Å². The molecule has 0 radical (unpaired) electrons. The SMILES string of the molecule is O=Cc1cccc(SC2CCCCC2)c1. The minimum absolute atomic E-state index is 0.764. The summed E-state index contributed by atoms with van der Waals surface area (Å²) in [6.07, 6.45) is 7.71. The van der Waals surface area contributed by atoms with E-state index in [1.807, 2.05) is 30.0 Å². The van der Waals surface area contributed by atoms with Crippen LogP contribution in [0.2, 0.25) is 0 Å². The molecule has 2 heteroatoms. The van der Waals surface area contributed by atoms with Crippen LogP contribution >= 0.6 is 11.8 Å². The molecule has 80 valence electrons. The summed E-state index contributed by atoms with van der Waals surface area (Å²) in [6, 6.07) is 7.92. The van der Waals surface area contributed by atoms with Gasteiger partial charge in [0.05, 0.1) is 0 Å². The second-order valence-corrected chi connectivity index (χ2v) is 5.44. The number of benzene rings is 1. The number of thioether (sulfide) groups is 1. The van der Waals surface area contributed by atoms with Crippen molar-refractivity contribution in [2.45, 2.75) is 42.2 Å². The lowest BCUT2D eigenvalue weighted by atomic mass is 10.0. The van der Waals surface area contributed by atoms with E-state index in [1.165, 1.54) is 37.0 Å². The highest BCUT2D eigenvalue weighted by molar-refractivity contribution is 8.00. The van der Waals surface area contributed by atoms with E-state index >= 15 is 0 Å². The maximum atomic E-state index is 10.6. The van der Waals surface area contributed by atoms with Gasteiger partial charge in [0.25, 0.3) is 0 Å². The molecular weight excluding hydrogens is 204 g/mol. The maximum absolute atomic E-state index is 10.6. The second kappa shape index (κ2) is 5.36. The smallest absolute Gasteiger partial charge is 0.150 e. The fraction of sp³-hybridized carbons (Fsp3) is 0.462. The van der Waals surface area contributed by atoms with Gasteiger partial charge in [-0.2, -0.15) is 0 Å². The molecule has 1 nitrogen and oxygen atoms in total. The van der Waals surface area contributed by atoms with Gasteiger partial charge >= 0.3 is 0 Å². The van der Waals surface area contributed by atoms with Gasteiger partial charge in [-0.3, -0.25) is 4.79 Å². The van der Waals surface area contributed by atoms with E-state index < -0.39 is 0 Å². The molecule has 0 spiro atoms. The van der Waals surface area contributed by atoms with Crippen molar-refractivity contribution < 1.29 is 4.79 Å². The molecule has 0 unspecified atom stereocenters. The quantitative estimate of drug-likeness (QED) is 0.718. The van der Waals surface area contributed by atoms with Gasteiger partial charge < -0.3 is 0 Å². The second-order valence-electron chi connectivity index (χ2n) is 4.07. The molecule has 2 rings (SSSR count). The van der Waals surface area contributed by atoms with Gasteiger partial charge in [0.2, 0.25) is 0 Å². The Bertz CT molecular complexity index is 329. The Kier molecular flexibility index (Phi) is 3.84. The summed E-state index contributed by atoms with van der Waals surface area (Å²) in [7, 11) is 0. The fourth-order valence-corrected chi connectivity index (χ4v) is 3.35. The number of rotatable bonds is 3. The lowest BCUT2D eigenvalue weighted by Crippen LogP contribution is -2.07. The van der Waals surface area contributed by atoms with Crippen LogP contribution < -0.4 is 0 Å². The van der Waals surface area contributed by atoms with E-state index in [1.54, 1.807) is 0 Å². The molecule has 1 fully saturated rings. The maximum Gasteiger partial charge on any atom is 0.150 e. The van der Waals surface area contributed by atoms with Crippen LogP contribution in [-0.4, -0.2) is 11.5 Å². The van der Waals surface area contributed by atoms with Crippen LogP contribution in [0, 0.1) is 0 Å². The lowest BCUT2D eigenvalue weighted by molar-refractivity contribution is 0.112. The molecule has 0 aromatic heterocycles. The van der Waals surface area contributed by atoms with Crippen LogP contribution in [0.15, 0.2) is 29.2 Å². The number of aldehydes is 1. The zero-order valence-electron chi connectivity index (χ0n) is 8.82. The third kappa shape index (κ3) is 3.10. The molecule has 0 bridgehead atoms. The van der Waals surface area contributed by atoms with Crippen molar-refractivity contribution in [1.82, 2.24) is 0 Å². The summed E-state index contributed by atoms with van der Waals surface area (Å²) in [5, 5.41) is 0.764. The zero-order valence-corrected chi connectivity index (χ0v) is 9.63. The Morgan fingerprint density at radius 2 is 2.00 bits per heavy atom. The first kappa shape index (κ1) is 10.7. The first-order chi connectivity index (χ1) is 7.38. The lowest BCUT2D eigenvalue weighted by Gasteiger charge is -2.20. The minimum Gasteiger partial charge on any atom is -0.298 e. The molecule has 15 heavy (non-hydrogen) atoms. The van der Waals surface area contributed by atoms with E-state index in [2.05, 4.69) is 6.07 Å². The summed E-state index contributed by atoms with van der Waals surface area (Å²) >= 11 is 1.94. The Labute approximate surface area is 95.3 Å². The van der Waals surface area contributed by atoms with Gasteiger partial charge in [-0.1, -0.05) is 31.4 Å². The number of carbonyl (C=O) groups is 1. The molecule has 1 aromatic rings. The molecule has 1 saturated carbocycles. The van der Waals surface area contributed by atoms with Gasteiger partial charge in [0, 0.05) is 15.7 Å². The minimum atomic E-state index is 0.764. The van der Waals surface area contributed by atoms with Gasteiger partial charge in [-0.15, -0.1) is 11.8 Å². The van der Waals surface area contributed by atoms with E-state index in [0.29, 0.717) is 0 Å². The molecule has 0 aliphatic heterocycles. The van der Waals surface area contributed by atoms with Crippen molar-refractivity contribution in [3.8, 4) is 0 Å². The third-order valence-electron chi connectivity index (χ3n) is 2.85. The van der Waals surface area contributed by atoms with Crippen molar-refractivity contribution >= 4 is 18.0 Å². The van der Waals surface area contributed by atoms with E-state index in [-0.39, 0.29) is 0 Å². The Morgan fingerprint density at radius 1 is 1.20 bits per heavy atom. The van der Waals surface area contributed by atoms with Crippen molar-refractivity contribution in [2.75, 3.05) is 0 Å². The summed E-state index contributed by atoms with van der Waals surface area (Å²) in [4.78, 5) is 11.9. The Balaban J connectivity index is 1.99. The van der Waals surface area contributed by atoms with Crippen molar-refractivity contribution in [2.24, 2.45) is 0 Å². The molecule has 0 saturated heterocycles. The molecule has 0 heterocycles. The number of hydrogen-bond donors (Lipinski definition) is 0. The van der Waals surface area contributed by atoms with Crippen LogP contribution in [-0.2, 0) is 0 Å². The highest BCUT2D eigenvalue weighted by atomic mass is 32.2. The van der Waals surface area contributed by atoms with Crippen molar-refractivity contribution in [1.29, 1.82) is 0 Å². The third-order valence-corrected chi connectivity index (χ3v) is 4.18. The summed E-state index contributed by atoms with van der Waals surface area (Å²) in [5.74, 6) is 0. The Hall–Kier alpha value is -0.760. The first-order valence-electron chi connectivity index (χ1n) is 5.60. The number of carbonyl (C=O) groups excluding carboxylic acids is 1. The van der Waals surface area contributed by atoms with Crippen LogP contribution in [0.3, 0.4) is 0 Å². The predicted octanol–water partition coefficient (Wildman–Crippen LogP) is 3.92. The highest BCUT2D eigenvalue weighted by Crippen LogP contribution is 2.33. The van der Waals surface area contributed by atoms with Gasteiger partial charge in [-0.05, 0) is 25.0 Å². The topological polar surface area (TPSA) is 17.1 Å². The molecule has 0 N–H and O–H groups in total. The number of hydrogen-bond acceptors (Lipinski definition) is 2. The molecule has 0 amide bonds. The molecule has 1 aromatic carbocycles. The summed E-state index contributed by atoms with van der Waals surface area (Å²) < 4.78 is 0. The molecule has 1 aliphatic carbocycles. The summed E-state index contributed by atoms with van der Waals surface area (Å²) in [5.41, 5.74) is 0.788. The van der Waals surface area contributed by atoms with Crippen LogP contribution in [0.25, 0.3) is 0 Å². The first-order valence-corrected chi connectivity index (χ1v) is 6.48. The monoisotopic (exact) mass is 220 g/mol. The van der Waals surface area contributed by atoms with E-state index in [9.17, 15) is 4.79 Å². The van der Waals surface area contributed by atoms with E-state index in [0.717, 1.165) is 17.1 Å². The highest BCUT2D eigenvalue weighted by Gasteiger charge is 2.14. The standard InChI is InChI=1S/C13H16OS/c14-10-11-5-4-8-13(9-11)15-12-6-2-1-3-7-12/h4-5,8-10,12H,1-3,6-7H2.